The molecule has 15 heavy (non-hydrogen) atoms. The topological polar surface area (TPSA) is 53.2 Å². The smallest absolute Gasteiger partial charge is 0.207 e. The molecular formula is C11H27N3O. The minimum Gasteiger partial charge on any atom is -0.356 e. The molecule has 0 saturated carbocycles. The minimum atomic E-state index is 0.420. The van der Waals surface area contributed by atoms with Crippen molar-refractivity contribution in [3.8, 4) is 0 Å². The summed E-state index contributed by atoms with van der Waals surface area (Å²) in [4.78, 5) is 9.94. The van der Waals surface area contributed by atoms with Gasteiger partial charge in [0.2, 0.25) is 6.41 Å². The Morgan fingerprint density at radius 3 is 2.13 bits per heavy atom. The monoisotopic (exact) mass is 217 g/mol. The lowest BCUT2D eigenvalue weighted by Gasteiger charge is -2.21. The summed E-state index contributed by atoms with van der Waals surface area (Å²) in [5.74, 6) is 0. The first kappa shape index (κ1) is 16.8. The van der Waals surface area contributed by atoms with Crippen molar-refractivity contribution >= 4 is 6.41 Å². The maximum atomic E-state index is 9.94. The van der Waals surface area contributed by atoms with Gasteiger partial charge in [-0.2, -0.15) is 0 Å². The summed E-state index contributed by atoms with van der Waals surface area (Å²) in [6.07, 6.45) is 2.92. The van der Waals surface area contributed by atoms with Gasteiger partial charge in [-0.1, -0.05) is 20.8 Å². The van der Waals surface area contributed by atoms with Crippen molar-refractivity contribution in [2.75, 3.05) is 26.7 Å². The first-order valence-corrected chi connectivity index (χ1v) is 5.90. The second-order valence-corrected chi connectivity index (χ2v) is 3.02. The van der Waals surface area contributed by atoms with E-state index < -0.39 is 0 Å². The quantitative estimate of drug-likeness (QED) is 0.611. The number of piperidine rings is 1. The second kappa shape index (κ2) is 15.8. The Balaban J connectivity index is 0. The molecule has 0 bridgehead atoms. The van der Waals surface area contributed by atoms with Crippen LogP contribution < -0.4 is 16.0 Å². The Hall–Kier alpha value is -0.610. The van der Waals surface area contributed by atoms with E-state index in [9.17, 15) is 4.79 Å². The Morgan fingerprint density at radius 2 is 1.80 bits per heavy atom. The van der Waals surface area contributed by atoms with Crippen LogP contribution >= 0.6 is 0 Å². The molecule has 1 heterocycles. The predicted octanol–water partition coefficient (Wildman–Crippen LogP) is 0.736. The lowest BCUT2D eigenvalue weighted by molar-refractivity contribution is -0.110. The van der Waals surface area contributed by atoms with Crippen LogP contribution in [-0.4, -0.2) is 39.1 Å². The molecule has 0 radical (unpaired) electrons. The number of carbonyl (C=O) groups excluding carboxylic acids is 1. The van der Waals surface area contributed by atoms with Crippen LogP contribution in [0.25, 0.3) is 0 Å². The van der Waals surface area contributed by atoms with Crippen molar-refractivity contribution in [3.05, 3.63) is 0 Å². The Morgan fingerprint density at radius 1 is 1.33 bits per heavy atom. The molecular weight excluding hydrogens is 190 g/mol. The third-order valence-electron chi connectivity index (χ3n) is 2.00. The highest BCUT2D eigenvalue weighted by Gasteiger charge is 2.09. The maximum absolute atomic E-state index is 9.94. The Kier molecular flexibility index (Phi) is 17.8. The molecule has 0 atom stereocenters. The van der Waals surface area contributed by atoms with E-state index in [0.29, 0.717) is 6.04 Å². The summed E-state index contributed by atoms with van der Waals surface area (Å²) in [6, 6.07) is 0.420. The number of amides is 1. The second-order valence-electron chi connectivity index (χ2n) is 3.02. The molecule has 1 aliphatic rings. The highest BCUT2D eigenvalue weighted by molar-refractivity contribution is 5.46. The minimum absolute atomic E-state index is 0.420. The zero-order chi connectivity index (χ0) is 11.9. The van der Waals surface area contributed by atoms with Crippen LogP contribution in [0.5, 0.6) is 0 Å². The summed E-state index contributed by atoms with van der Waals surface area (Å²) in [6.45, 7) is 9.21. The molecule has 1 saturated heterocycles. The van der Waals surface area contributed by atoms with Gasteiger partial charge in [-0.05, 0) is 39.5 Å². The molecule has 1 amide bonds. The van der Waals surface area contributed by atoms with Crippen molar-refractivity contribution in [1.82, 2.24) is 16.0 Å². The fourth-order valence-corrected chi connectivity index (χ4v) is 1.08. The lowest BCUT2D eigenvalue weighted by Crippen LogP contribution is -2.39. The van der Waals surface area contributed by atoms with Crippen LogP contribution in [0.3, 0.4) is 0 Å². The summed E-state index contributed by atoms with van der Waals surface area (Å²) >= 11 is 0. The zero-order valence-electron chi connectivity index (χ0n) is 10.6. The first-order valence-electron chi connectivity index (χ1n) is 5.90. The molecule has 1 fully saturated rings. The van der Waals surface area contributed by atoms with Crippen LogP contribution in [0.2, 0.25) is 0 Å². The highest BCUT2D eigenvalue weighted by atomic mass is 16.1. The molecule has 4 nitrogen and oxygen atoms in total. The van der Waals surface area contributed by atoms with Gasteiger partial charge in [-0.15, -0.1) is 0 Å². The van der Waals surface area contributed by atoms with Crippen LogP contribution in [0.4, 0.5) is 0 Å². The normalized spacial score (nSPS) is 15.2. The van der Waals surface area contributed by atoms with Crippen molar-refractivity contribution in [1.29, 1.82) is 0 Å². The molecule has 1 aliphatic heterocycles. The molecule has 92 valence electrons. The average molecular weight is 217 g/mol. The molecule has 4 heteroatoms. The van der Waals surface area contributed by atoms with Crippen LogP contribution in [-0.2, 0) is 4.79 Å². The van der Waals surface area contributed by atoms with E-state index in [1.807, 2.05) is 20.9 Å². The van der Waals surface area contributed by atoms with Gasteiger partial charge >= 0.3 is 0 Å². The Labute approximate surface area is 94.2 Å². The third kappa shape index (κ3) is 13.4. The maximum Gasteiger partial charge on any atom is 0.207 e. The van der Waals surface area contributed by atoms with Gasteiger partial charge in [0, 0.05) is 6.04 Å². The number of rotatable bonds is 3. The highest BCUT2D eigenvalue weighted by Crippen LogP contribution is 1.99. The van der Waals surface area contributed by atoms with E-state index in [1.165, 1.54) is 0 Å². The predicted molar refractivity (Wildman–Crippen MR) is 66.0 cm³/mol. The molecule has 3 N–H and O–H groups in total. The van der Waals surface area contributed by atoms with Crippen molar-refractivity contribution in [2.24, 2.45) is 0 Å². The number of carbonyl (C=O) groups is 1. The van der Waals surface area contributed by atoms with E-state index in [4.69, 9.17) is 0 Å². The van der Waals surface area contributed by atoms with Gasteiger partial charge in [0.1, 0.15) is 0 Å². The summed E-state index contributed by atoms with van der Waals surface area (Å²) in [5, 5.41) is 8.91. The van der Waals surface area contributed by atoms with E-state index in [1.54, 1.807) is 0 Å². The summed E-state index contributed by atoms with van der Waals surface area (Å²) in [5.41, 5.74) is 0. The fraction of sp³-hybridized carbons (Fsp3) is 0.909. The SMILES string of the molecule is CC.CCNC.O=CNC1CCNCC1. The van der Waals surface area contributed by atoms with Gasteiger partial charge in [-0.25, -0.2) is 0 Å². The van der Waals surface area contributed by atoms with Crippen molar-refractivity contribution in [2.45, 2.75) is 39.7 Å². The van der Waals surface area contributed by atoms with Crippen LogP contribution in [0.15, 0.2) is 0 Å². The van der Waals surface area contributed by atoms with E-state index in [-0.39, 0.29) is 0 Å². The van der Waals surface area contributed by atoms with Crippen molar-refractivity contribution in [3.63, 3.8) is 0 Å². The van der Waals surface area contributed by atoms with E-state index >= 15 is 0 Å². The molecule has 0 spiro atoms. The molecule has 0 aromatic heterocycles. The molecule has 0 unspecified atom stereocenters. The van der Waals surface area contributed by atoms with Crippen LogP contribution in [0.1, 0.15) is 33.6 Å². The van der Waals surface area contributed by atoms with Gasteiger partial charge in [-0.3, -0.25) is 4.79 Å². The molecule has 1 rings (SSSR count). The standard InChI is InChI=1S/C6H12N2O.C3H9N.C2H6/c9-5-8-6-1-3-7-4-2-6;1-3-4-2;1-2/h5-7H,1-4H2,(H,8,9);4H,3H2,1-2H3;1-2H3. The Bertz CT molecular complexity index is 112. The number of nitrogens with one attached hydrogen (secondary N) is 3. The number of hydrogen-bond acceptors (Lipinski definition) is 3. The summed E-state index contributed by atoms with van der Waals surface area (Å²) in [7, 11) is 1.93. The zero-order valence-corrected chi connectivity index (χ0v) is 10.6. The van der Waals surface area contributed by atoms with Gasteiger partial charge < -0.3 is 16.0 Å². The van der Waals surface area contributed by atoms with E-state index in [2.05, 4.69) is 22.9 Å². The number of hydrogen-bond donors (Lipinski definition) is 3. The fourth-order valence-electron chi connectivity index (χ4n) is 1.08. The van der Waals surface area contributed by atoms with Gasteiger partial charge in [0.25, 0.3) is 0 Å². The van der Waals surface area contributed by atoms with Crippen LogP contribution in [0, 0.1) is 0 Å². The largest absolute Gasteiger partial charge is 0.356 e. The summed E-state index contributed by atoms with van der Waals surface area (Å²) < 4.78 is 0. The lowest BCUT2D eigenvalue weighted by atomic mass is 10.1. The average Bonchev–Trinajstić information content (AvgIpc) is 2.34. The molecule has 0 aromatic rings. The van der Waals surface area contributed by atoms with Crippen molar-refractivity contribution < 1.29 is 4.79 Å². The molecule has 0 aromatic carbocycles. The van der Waals surface area contributed by atoms with Gasteiger partial charge in [0.05, 0.1) is 0 Å². The first-order chi connectivity index (χ1) is 7.35. The molecule has 0 aliphatic carbocycles. The third-order valence-corrected chi connectivity index (χ3v) is 2.00. The van der Waals surface area contributed by atoms with Gasteiger partial charge in [0.15, 0.2) is 0 Å². The van der Waals surface area contributed by atoms with E-state index in [0.717, 1.165) is 38.9 Å².